The number of benzene rings is 2. The number of rotatable bonds is 7. The van der Waals surface area contributed by atoms with Crippen LogP contribution in [0.4, 0.5) is 5.00 Å². The topological polar surface area (TPSA) is 93.2 Å². The summed E-state index contributed by atoms with van der Waals surface area (Å²) in [6.07, 6.45) is 0. The van der Waals surface area contributed by atoms with Crippen molar-refractivity contribution in [2.45, 2.75) is 27.7 Å². The molecule has 0 bridgehead atoms. The first kappa shape index (κ1) is 20.8. The van der Waals surface area contributed by atoms with Gasteiger partial charge in [-0.2, -0.15) is 0 Å². The lowest BCUT2D eigenvalue weighted by Gasteiger charge is -2.07. The molecule has 6 nitrogen and oxygen atoms in total. The average Bonchev–Trinajstić information content (AvgIpc) is 3.13. The fourth-order valence-corrected chi connectivity index (χ4v) is 6.46. The minimum atomic E-state index is -4.02. The minimum Gasteiger partial charge on any atom is -0.370 e. The number of anilines is 1. The highest BCUT2D eigenvalue weighted by atomic mass is 35.5. The van der Waals surface area contributed by atoms with Crippen molar-refractivity contribution in [2.24, 2.45) is 0 Å². The van der Waals surface area contributed by atoms with Gasteiger partial charge in [-0.1, -0.05) is 60.2 Å². The number of hydrogen-bond acceptors (Lipinski definition) is 7. The Hall–Kier alpha value is -1.94. The molecule has 0 unspecified atom stereocenters. The van der Waals surface area contributed by atoms with Crippen LogP contribution in [0.3, 0.4) is 0 Å². The Balaban J connectivity index is 2.06. The first-order valence-corrected chi connectivity index (χ1v) is 12.6. The van der Waals surface area contributed by atoms with Gasteiger partial charge in [0, 0.05) is 11.6 Å². The van der Waals surface area contributed by atoms with E-state index in [0.717, 1.165) is 16.9 Å². The van der Waals surface area contributed by atoms with Gasteiger partial charge in [0.25, 0.3) is 0 Å². The highest BCUT2D eigenvalue weighted by Crippen LogP contribution is 2.35. The van der Waals surface area contributed by atoms with Crippen molar-refractivity contribution < 1.29 is 16.8 Å². The van der Waals surface area contributed by atoms with Gasteiger partial charge in [-0.3, -0.25) is 0 Å². The van der Waals surface area contributed by atoms with Crippen LogP contribution in [-0.4, -0.2) is 27.6 Å². The lowest BCUT2D eigenvalue weighted by molar-refractivity contribution is 0.590. The van der Waals surface area contributed by atoms with Crippen molar-refractivity contribution >= 4 is 47.6 Å². The van der Waals surface area contributed by atoms with E-state index in [1.807, 2.05) is 30.3 Å². The third-order valence-electron chi connectivity index (χ3n) is 3.90. The zero-order valence-corrected chi connectivity index (χ0v) is 18.0. The smallest absolute Gasteiger partial charge is 0.226 e. The zero-order valence-electron chi connectivity index (χ0n) is 14.8. The van der Waals surface area contributed by atoms with Gasteiger partial charge in [-0.25, -0.2) is 21.8 Å². The molecule has 0 amide bonds. The number of nitrogens with one attached hydrogen (secondary N) is 1. The Bertz CT molecular complexity index is 1170. The fraction of sp³-hybridized carbons (Fsp3) is 0.167. The highest BCUT2D eigenvalue weighted by molar-refractivity contribution is 7.94. The quantitative estimate of drug-likeness (QED) is 0.576. The molecule has 0 aliphatic carbocycles. The Labute approximate surface area is 173 Å². The van der Waals surface area contributed by atoms with E-state index in [1.54, 1.807) is 0 Å². The lowest BCUT2D eigenvalue weighted by Crippen LogP contribution is -2.08. The van der Waals surface area contributed by atoms with Crippen LogP contribution in [0.15, 0.2) is 68.9 Å². The van der Waals surface area contributed by atoms with Crippen LogP contribution in [0.1, 0.15) is 12.5 Å². The first-order valence-electron chi connectivity index (χ1n) is 8.26. The van der Waals surface area contributed by atoms with E-state index >= 15 is 0 Å². The number of aromatic nitrogens is 1. The summed E-state index contributed by atoms with van der Waals surface area (Å²) in [7, 11) is -7.67. The molecule has 0 atom stereocenters. The van der Waals surface area contributed by atoms with Crippen molar-refractivity contribution in [2.75, 3.05) is 11.1 Å². The maximum atomic E-state index is 13.1. The van der Waals surface area contributed by atoms with E-state index < -0.39 is 19.7 Å². The summed E-state index contributed by atoms with van der Waals surface area (Å²) in [5.41, 5.74) is 0.922. The maximum Gasteiger partial charge on any atom is 0.226 e. The van der Waals surface area contributed by atoms with Crippen molar-refractivity contribution in [3.8, 4) is 0 Å². The summed E-state index contributed by atoms with van der Waals surface area (Å²) in [5, 5.41) is 3.30. The van der Waals surface area contributed by atoms with Gasteiger partial charge in [0.15, 0.2) is 5.03 Å². The molecular weight excluding hydrogens is 440 g/mol. The van der Waals surface area contributed by atoms with Crippen LogP contribution < -0.4 is 5.32 Å². The first-order chi connectivity index (χ1) is 13.2. The number of thiazole rings is 1. The van der Waals surface area contributed by atoms with Crippen molar-refractivity contribution in [3.63, 3.8) is 0 Å². The fourth-order valence-electron chi connectivity index (χ4n) is 2.34. The molecule has 2 aromatic carbocycles. The van der Waals surface area contributed by atoms with Gasteiger partial charge in [0.1, 0.15) is 5.00 Å². The van der Waals surface area contributed by atoms with Crippen LogP contribution in [-0.2, 0) is 26.2 Å². The summed E-state index contributed by atoms with van der Waals surface area (Å²) in [5.74, 6) is -0.168. The van der Waals surface area contributed by atoms with Gasteiger partial charge >= 0.3 is 0 Å². The molecule has 0 aliphatic heterocycles. The molecule has 0 fully saturated rings. The normalized spacial score (nSPS) is 12.1. The Morgan fingerprint density at radius 1 is 1.00 bits per heavy atom. The van der Waals surface area contributed by atoms with Gasteiger partial charge in [-0.05, 0) is 29.8 Å². The number of nitrogens with zero attached hydrogens (tertiary/aromatic N) is 1. The molecule has 0 saturated carbocycles. The molecule has 1 N–H and O–H groups in total. The van der Waals surface area contributed by atoms with E-state index in [1.165, 1.54) is 31.2 Å². The molecule has 28 heavy (non-hydrogen) atoms. The summed E-state index contributed by atoms with van der Waals surface area (Å²) >= 11 is 6.66. The maximum absolute atomic E-state index is 13.1. The van der Waals surface area contributed by atoms with E-state index in [2.05, 4.69) is 10.3 Å². The van der Waals surface area contributed by atoms with Crippen LogP contribution >= 0.6 is 22.9 Å². The molecule has 0 aliphatic rings. The second-order valence-electron chi connectivity index (χ2n) is 5.81. The standard InChI is InChI=1S/C18H17ClN2O4S3/c1-2-27(22,23)18-21-17(28(24,25)15-10-8-14(19)9-11-15)16(26-18)20-12-13-6-4-3-5-7-13/h3-11,20H,2,12H2,1H3. The number of hydrogen-bond donors (Lipinski definition) is 1. The van der Waals surface area contributed by atoms with Crippen LogP contribution in [0.5, 0.6) is 0 Å². The third kappa shape index (κ3) is 4.38. The van der Waals surface area contributed by atoms with E-state index in [9.17, 15) is 16.8 Å². The van der Waals surface area contributed by atoms with E-state index in [4.69, 9.17) is 11.6 Å². The molecule has 1 heterocycles. The molecule has 1 aromatic heterocycles. The monoisotopic (exact) mass is 456 g/mol. The van der Waals surface area contributed by atoms with E-state index in [0.29, 0.717) is 11.6 Å². The van der Waals surface area contributed by atoms with Gasteiger partial charge in [0.05, 0.1) is 10.6 Å². The van der Waals surface area contributed by atoms with Crippen molar-refractivity contribution in [1.82, 2.24) is 4.98 Å². The molecule has 3 aromatic rings. The highest BCUT2D eigenvalue weighted by Gasteiger charge is 2.30. The summed E-state index contributed by atoms with van der Waals surface area (Å²) < 4.78 is 50.4. The van der Waals surface area contributed by atoms with Crippen LogP contribution in [0, 0.1) is 0 Å². The Morgan fingerprint density at radius 3 is 2.25 bits per heavy atom. The van der Waals surface area contributed by atoms with Gasteiger partial charge in [-0.15, -0.1) is 0 Å². The molecule has 148 valence electrons. The zero-order chi connectivity index (χ0) is 20.4. The number of halogens is 1. The summed E-state index contributed by atoms with van der Waals surface area (Å²) in [6.45, 7) is 1.82. The lowest BCUT2D eigenvalue weighted by atomic mass is 10.2. The molecule has 0 radical (unpaired) electrons. The molecule has 0 saturated heterocycles. The molecule has 0 spiro atoms. The molecule has 3 rings (SSSR count). The minimum absolute atomic E-state index is 0.00888. The second-order valence-corrected chi connectivity index (χ2v) is 11.6. The molecule has 10 heteroatoms. The van der Waals surface area contributed by atoms with Crippen molar-refractivity contribution in [1.29, 1.82) is 0 Å². The third-order valence-corrected chi connectivity index (χ3v) is 9.18. The predicted octanol–water partition coefficient (Wildman–Crippen LogP) is 4.04. The Morgan fingerprint density at radius 2 is 1.64 bits per heavy atom. The molecular formula is C18H17ClN2O4S3. The average molecular weight is 457 g/mol. The van der Waals surface area contributed by atoms with Crippen molar-refractivity contribution in [3.05, 3.63) is 65.2 Å². The van der Waals surface area contributed by atoms with Crippen LogP contribution in [0.2, 0.25) is 5.02 Å². The van der Waals surface area contributed by atoms with E-state index in [-0.39, 0.29) is 25.0 Å². The number of sulfone groups is 2. The Kier molecular flexibility index (Phi) is 6.09. The second kappa shape index (κ2) is 8.20. The predicted molar refractivity (Wildman–Crippen MR) is 111 cm³/mol. The summed E-state index contributed by atoms with van der Waals surface area (Å²) in [6, 6.07) is 15.0. The largest absolute Gasteiger partial charge is 0.370 e. The van der Waals surface area contributed by atoms with Gasteiger partial charge < -0.3 is 5.32 Å². The van der Waals surface area contributed by atoms with Gasteiger partial charge in [0.2, 0.25) is 24.0 Å². The van der Waals surface area contributed by atoms with Crippen LogP contribution in [0.25, 0.3) is 0 Å². The SMILES string of the molecule is CCS(=O)(=O)c1nc(S(=O)(=O)c2ccc(Cl)cc2)c(NCc2ccccc2)s1. The summed E-state index contributed by atoms with van der Waals surface area (Å²) in [4.78, 5) is 3.97.